The summed E-state index contributed by atoms with van der Waals surface area (Å²) in [7, 11) is 0. The summed E-state index contributed by atoms with van der Waals surface area (Å²) in [4.78, 5) is 57.2. The van der Waals surface area contributed by atoms with Gasteiger partial charge in [-0.1, -0.05) is 6.08 Å². The molecule has 0 amide bonds. The van der Waals surface area contributed by atoms with Crippen LogP contribution in [0.5, 0.6) is 0 Å². The molecule has 0 saturated carbocycles. The van der Waals surface area contributed by atoms with Gasteiger partial charge in [-0.2, -0.15) is 0 Å². The maximum Gasteiger partial charge on any atom is 0.348 e. The average Bonchev–Trinajstić information content (AvgIpc) is 2.95. The Hall–Kier alpha value is -3.17. The SMILES string of the molecule is C/C=C/[C@H](OC(C)=O)[C@H](/C=C/C(=O)OC[C@@H]1COC(=O)[C@H]1OC(C)=O)OC(C)=O. The molecule has 0 aromatic heterocycles. The van der Waals surface area contributed by atoms with Gasteiger partial charge in [0, 0.05) is 26.8 Å². The van der Waals surface area contributed by atoms with E-state index >= 15 is 0 Å². The second-order valence-corrected chi connectivity index (χ2v) is 6.08. The number of allylic oxidation sites excluding steroid dienone is 1. The molecule has 0 unspecified atom stereocenters. The fourth-order valence-corrected chi connectivity index (χ4v) is 2.43. The van der Waals surface area contributed by atoms with Gasteiger partial charge in [0.05, 0.1) is 5.92 Å². The molecule has 0 radical (unpaired) electrons. The van der Waals surface area contributed by atoms with Crippen LogP contribution in [0.2, 0.25) is 0 Å². The van der Waals surface area contributed by atoms with Crippen molar-refractivity contribution in [1.29, 1.82) is 0 Å². The minimum atomic E-state index is -1.14. The number of rotatable bonds is 9. The van der Waals surface area contributed by atoms with Crippen molar-refractivity contribution in [3.05, 3.63) is 24.3 Å². The molecule has 29 heavy (non-hydrogen) atoms. The summed E-state index contributed by atoms with van der Waals surface area (Å²) in [6.45, 7) is 4.92. The zero-order valence-corrected chi connectivity index (χ0v) is 16.6. The van der Waals surface area contributed by atoms with Crippen LogP contribution in [-0.4, -0.2) is 61.4 Å². The average molecular weight is 412 g/mol. The van der Waals surface area contributed by atoms with Gasteiger partial charge in [0.25, 0.3) is 0 Å². The lowest BCUT2D eigenvalue weighted by Crippen LogP contribution is -2.32. The Balaban J connectivity index is 2.74. The first-order chi connectivity index (χ1) is 13.6. The van der Waals surface area contributed by atoms with Crippen molar-refractivity contribution in [2.45, 2.75) is 46.0 Å². The number of cyclic esters (lactones) is 1. The predicted molar refractivity (Wildman–Crippen MR) is 96.0 cm³/mol. The van der Waals surface area contributed by atoms with Crippen molar-refractivity contribution in [2.24, 2.45) is 5.92 Å². The molecule has 0 aromatic carbocycles. The quantitative estimate of drug-likeness (QED) is 0.230. The molecule has 10 heteroatoms. The van der Waals surface area contributed by atoms with E-state index in [-0.39, 0.29) is 13.2 Å². The maximum absolute atomic E-state index is 12.0. The molecule has 1 fully saturated rings. The minimum absolute atomic E-state index is 0.0559. The van der Waals surface area contributed by atoms with Gasteiger partial charge in [0.2, 0.25) is 6.10 Å². The molecule has 0 spiro atoms. The fraction of sp³-hybridized carbons (Fsp3) is 0.526. The molecule has 1 aliphatic rings. The van der Waals surface area contributed by atoms with E-state index in [4.69, 9.17) is 23.7 Å². The van der Waals surface area contributed by atoms with Crippen molar-refractivity contribution in [3.8, 4) is 0 Å². The summed E-state index contributed by atoms with van der Waals surface area (Å²) >= 11 is 0. The normalized spacial score (nSPS) is 20.8. The molecular formula is C19H24O10. The number of hydrogen-bond acceptors (Lipinski definition) is 10. The number of carbonyl (C=O) groups excluding carboxylic acids is 5. The van der Waals surface area contributed by atoms with Gasteiger partial charge in [-0.3, -0.25) is 14.4 Å². The van der Waals surface area contributed by atoms with E-state index in [1.807, 2.05) is 0 Å². The van der Waals surface area contributed by atoms with Crippen LogP contribution >= 0.6 is 0 Å². The highest BCUT2D eigenvalue weighted by Crippen LogP contribution is 2.19. The summed E-state index contributed by atoms with van der Waals surface area (Å²) in [5.41, 5.74) is 0. The minimum Gasteiger partial charge on any atom is -0.462 e. The van der Waals surface area contributed by atoms with E-state index in [1.165, 1.54) is 26.0 Å². The summed E-state index contributed by atoms with van der Waals surface area (Å²) in [6.07, 6.45) is 2.20. The second-order valence-electron chi connectivity index (χ2n) is 6.08. The molecule has 1 rings (SSSR count). The van der Waals surface area contributed by atoms with Crippen LogP contribution in [0.3, 0.4) is 0 Å². The largest absolute Gasteiger partial charge is 0.462 e. The lowest BCUT2D eigenvalue weighted by atomic mass is 10.1. The molecule has 0 bridgehead atoms. The molecule has 10 nitrogen and oxygen atoms in total. The molecule has 0 aliphatic carbocycles. The topological polar surface area (TPSA) is 132 Å². The van der Waals surface area contributed by atoms with Gasteiger partial charge in [-0.05, 0) is 19.1 Å². The van der Waals surface area contributed by atoms with Crippen molar-refractivity contribution in [2.75, 3.05) is 13.2 Å². The molecule has 1 saturated heterocycles. The third-order valence-corrected chi connectivity index (χ3v) is 3.56. The van der Waals surface area contributed by atoms with E-state index in [0.29, 0.717) is 0 Å². The number of carbonyl (C=O) groups is 5. The number of esters is 5. The highest BCUT2D eigenvalue weighted by atomic mass is 16.6. The van der Waals surface area contributed by atoms with Crippen LogP contribution in [0.15, 0.2) is 24.3 Å². The fourth-order valence-electron chi connectivity index (χ4n) is 2.43. The van der Waals surface area contributed by atoms with Gasteiger partial charge >= 0.3 is 29.8 Å². The summed E-state index contributed by atoms with van der Waals surface area (Å²) in [5, 5.41) is 0. The van der Waals surface area contributed by atoms with Crippen LogP contribution in [0.25, 0.3) is 0 Å². The van der Waals surface area contributed by atoms with Crippen molar-refractivity contribution < 1.29 is 47.7 Å². The standard InChI is InChI=1S/C19H24O10/c1-5-6-15(27-11(2)20)16(28-12(3)21)7-8-17(23)25-9-14-10-26-19(24)18(14)29-13(4)22/h5-8,14-16,18H,9-10H2,1-4H3/b6-5+,8-7+/t14-,15+,16+,18+/m1/s1. The molecule has 1 heterocycles. The summed E-state index contributed by atoms with van der Waals surface area (Å²) in [5.74, 6) is -4.03. The van der Waals surface area contributed by atoms with Crippen LogP contribution in [0.1, 0.15) is 27.7 Å². The first-order valence-electron chi connectivity index (χ1n) is 8.80. The van der Waals surface area contributed by atoms with E-state index in [1.54, 1.807) is 13.0 Å². The molecule has 0 aromatic rings. The highest BCUT2D eigenvalue weighted by molar-refractivity contribution is 5.83. The van der Waals surface area contributed by atoms with Gasteiger partial charge in [0.15, 0.2) is 12.2 Å². The highest BCUT2D eigenvalue weighted by Gasteiger charge is 2.40. The molecule has 0 N–H and O–H groups in total. The van der Waals surface area contributed by atoms with Crippen molar-refractivity contribution >= 4 is 29.8 Å². The Morgan fingerprint density at radius 1 is 1.03 bits per heavy atom. The van der Waals surface area contributed by atoms with Crippen LogP contribution < -0.4 is 0 Å². The molecule has 160 valence electrons. The summed E-state index contributed by atoms with van der Waals surface area (Å²) in [6, 6.07) is 0. The lowest BCUT2D eigenvalue weighted by Gasteiger charge is -2.21. The van der Waals surface area contributed by atoms with E-state index in [2.05, 4.69) is 0 Å². The monoisotopic (exact) mass is 412 g/mol. The molecule has 4 atom stereocenters. The van der Waals surface area contributed by atoms with Crippen molar-refractivity contribution in [1.82, 2.24) is 0 Å². The third-order valence-electron chi connectivity index (χ3n) is 3.56. The third kappa shape index (κ3) is 8.58. The Kier molecular flexibility index (Phi) is 9.57. The molecular weight excluding hydrogens is 388 g/mol. The Bertz CT molecular complexity index is 693. The van der Waals surface area contributed by atoms with E-state index in [0.717, 1.165) is 13.0 Å². The Labute approximate surface area is 167 Å². The molecule has 1 aliphatic heterocycles. The van der Waals surface area contributed by atoms with E-state index in [9.17, 15) is 24.0 Å². The summed E-state index contributed by atoms with van der Waals surface area (Å²) < 4.78 is 24.9. The van der Waals surface area contributed by atoms with Crippen LogP contribution in [0, 0.1) is 5.92 Å². The van der Waals surface area contributed by atoms with E-state index < -0.39 is 54.1 Å². The van der Waals surface area contributed by atoms with Gasteiger partial charge in [-0.25, -0.2) is 9.59 Å². The Morgan fingerprint density at radius 2 is 1.62 bits per heavy atom. The number of hydrogen-bond donors (Lipinski definition) is 0. The van der Waals surface area contributed by atoms with Gasteiger partial charge < -0.3 is 23.7 Å². The van der Waals surface area contributed by atoms with Gasteiger partial charge in [-0.15, -0.1) is 0 Å². The lowest BCUT2D eigenvalue weighted by molar-refractivity contribution is -0.160. The maximum atomic E-state index is 12.0. The zero-order valence-electron chi connectivity index (χ0n) is 16.6. The number of ether oxygens (including phenoxy) is 5. The van der Waals surface area contributed by atoms with Gasteiger partial charge in [0.1, 0.15) is 13.2 Å². The zero-order chi connectivity index (χ0) is 22.0. The van der Waals surface area contributed by atoms with Crippen LogP contribution in [-0.2, 0) is 47.7 Å². The first-order valence-corrected chi connectivity index (χ1v) is 8.80. The predicted octanol–water partition coefficient (Wildman–Crippen LogP) is 0.630. The van der Waals surface area contributed by atoms with Crippen molar-refractivity contribution in [3.63, 3.8) is 0 Å². The Morgan fingerprint density at radius 3 is 2.14 bits per heavy atom. The van der Waals surface area contributed by atoms with Crippen LogP contribution in [0.4, 0.5) is 0 Å². The second kappa shape index (κ2) is 11.6. The smallest absolute Gasteiger partial charge is 0.348 e. The first kappa shape index (κ1) is 23.9.